The predicted octanol–water partition coefficient (Wildman–Crippen LogP) is 4.41. The number of Topliss-reactive ketones (excluding diaryl/α,β-unsaturated/α-hetero) is 1. The van der Waals surface area contributed by atoms with E-state index in [9.17, 15) is 10.1 Å². The Labute approximate surface area is 149 Å². The predicted molar refractivity (Wildman–Crippen MR) is 97.7 cm³/mol. The molecule has 0 bridgehead atoms. The van der Waals surface area contributed by atoms with E-state index < -0.39 is 5.78 Å². The van der Waals surface area contributed by atoms with Gasteiger partial charge in [0.1, 0.15) is 17.2 Å². The highest BCUT2D eigenvalue weighted by molar-refractivity contribution is 6.13. The van der Waals surface area contributed by atoms with Crippen molar-refractivity contribution in [3.63, 3.8) is 0 Å². The number of rotatable bonds is 4. The molecule has 0 aliphatic heterocycles. The van der Waals surface area contributed by atoms with E-state index in [1.54, 1.807) is 29.2 Å². The Morgan fingerprint density at radius 2 is 1.88 bits per heavy atom. The molecular weight excluding hydrogens is 326 g/mol. The number of benzene rings is 2. The quantitative estimate of drug-likeness (QED) is 0.314. The fraction of sp³-hybridized carbons (Fsp3) is 0. The number of aromatic nitrogens is 2. The zero-order chi connectivity index (χ0) is 17.9. The molecule has 124 valence electrons. The van der Waals surface area contributed by atoms with Crippen LogP contribution in [0.1, 0.15) is 16.1 Å². The molecular formula is C21H13N3O2. The molecule has 4 rings (SSSR count). The van der Waals surface area contributed by atoms with Gasteiger partial charge >= 0.3 is 0 Å². The van der Waals surface area contributed by atoms with Crippen LogP contribution in [-0.2, 0) is 0 Å². The molecule has 26 heavy (non-hydrogen) atoms. The SMILES string of the molecule is N#CC(=Cc1cnn(-c2ccccc2)c1)C(=O)c1cc2ccccc2o1. The summed E-state index contributed by atoms with van der Waals surface area (Å²) in [6, 6.07) is 20.5. The van der Waals surface area contributed by atoms with E-state index in [1.165, 1.54) is 6.08 Å². The number of ketones is 1. The fourth-order valence-corrected chi connectivity index (χ4v) is 2.67. The van der Waals surface area contributed by atoms with Gasteiger partial charge < -0.3 is 4.42 Å². The van der Waals surface area contributed by atoms with Crippen molar-refractivity contribution in [2.75, 3.05) is 0 Å². The molecule has 0 unspecified atom stereocenters. The minimum atomic E-state index is -0.448. The van der Waals surface area contributed by atoms with E-state index in [0.29, 0.717) is 11.1 Å². The number of fused-ring (bicyclic) bond motifs is 1. The van der Waals surface area contributed by atoms with Gasteiger partial charge in [0.2, 0.25) is 5.78 Å². The Bertz CT molecular complexity index is 1130. The largest absolute Gasteiger partial charge is 0.453 e. The van der Waals surface area contributed by atoms with Crippen LogP contribution in [0, 0.1) is 11.3 Å². The highest BCUT2D eigenvalue weighted by atomic mass is 16.3. The van der Waals surface area contributed by atoms with Gasteiger partial charge in [0.15, 0.2) is 5.76 Å². The molecule has 2 heterocycles. The molecule has 5 heteroatoms. The molecule has 0 saturated carbocycles. The third kappa shape index (κ3) is 2.92. The molecule has 4 aromatic rings. The third-order valence-corrected chi connectivity index (χ3v) is 3.95. The van der Waals surface area contributed by atoms with Gasteiger partial charge in [-0.2, -0.15) is 10.4 Å². The molecule has 0 spiro atoms. The van der Waals surface area contributed by atoms with Crippen molar-refractivity contribution in [1.82, 2.24) is 9.78 Å². The van der Waals surface area contributed by atoms with Gasteiger partial charge in [-0.1, -0.05) is 36.4 Å². The molecule has 2 aromatic carbocycles. The number of furan rings is 1. The first-order chi connectivity index (χ1) is 12.7. The summed E-state index contributed by atoms with van der Waals surface area (Å²) >= 11 is 0. The van der Waals surface area contributed by atoms with Crippen molar-refractivity contribution in [2.45, 2.75) is 0 Å². The standard InChI is InChI=1S/C21H13N3O2/c22-12-17(21(25)20-11-16-6-4-5-9-19(16)26-20)10-15-13-23-24(14-15)18-7-2-1-3-8-18/h1-11,13-14H. The van der Waals surface area contributed by atoms with Crippen molar-refractivity contribution < 1.29 is 9.21 Å². The summed E-state index contributed by atoms with van der Waals surface area (Å²) in [6.07, 6.45) is 4.89. The number of carbonyl (C=O) groups excluding carboxylic acids is 1. The lowest BCUT2D eigenvalue weighted by Crippen LogP contribution is -1.99. The van der Waals surface area contributed by atoms with E-state index in [2.05, 4.69) is 5.10 Å². The monoisotopic (exact) mass is 339 g/mol. The molecule has 5 nitrogen and oxygen atoms in total. The summed E-state index contributed by atoms with van der Waals surface area (Å²) < 4.78 is 7.25. The summed E-state index contributed by atoms with van der Waals surface area (Å²) in [4.78, 5) is 12.6. The van der Waals surface area contributed by atoms with Gasteiger partial charge in [-0.25, -0.2) is 4.68 Å². The lowest BCUT2D eigenvalue weighted by atomic mass is 10.1. The van der Waals surface area contributed by atoms with Crippen molar-refractivity contribution in [1.29, 1.82) is 5.26 Å². The number of hydrogen-bond acceptors (Lipinski definition) is 4. The van der Waals surface area contributed by atoms with Crippen molar-refractivity contribution in [3.8, 4) is 11.8 Å². The molecule has 0 aliphatic carbocycles. The van der Waals surface area contributed by atoms with Crippen LogP contribution in [-0.4, -0.2) is 15.6 Å². The second-order valence-corrected chi connectivity index (χ2v) is 5.70. The molecule has 0 saturated heterocycles. The van der Waals surface area contributed by atoms with E-state index in [-0.39, 0.29) is 11.3 Å². The van der Waals surface area contributed by atoms with Crippen LogP contribution in [0.5, 0.6) is 0 Å². The Morgan fingerprint density at radius 3 is 2.65 bits per heavy atom. The van der Waals surface area contributed by atoms with Gasteiger partial charge in [0, 0.05) is 17.1 Å². The number of para-hydroxylation sites is 2. The maximum absolute atomic E-state index is 12.6. The molecule has 0 N–H and O–H groups in total. The number of carbonyl (C=O) groups is 1. The summed E-state index contributed by atoms with van der Waals surface area (Å²) in [5.41, 5.74) is 2.17. The van der Waals surface area contributed by atoms with E-state index in [4.69, 9.17) is 4.42 Å². The summed E-state index contributed by atoms with van der Waals surface area (Å²) in [5.74, 6) is -0.300. The Kier molecular flexibility index (Phi) is 3.92. The Morgan fingerprint density at radius 1 is 1.12 bits per heavy atom. The summed E-state index contributed by atoms with van der Waals surface area (Å²) in [6.45, 7) is 0. The van der Waals surface area contributed by atoms with Crippen LogP contribution in [0.4, 0.5) is 0 Å². The number of allylic oxidation sites excluding steroid dienone is 1. The van der Waals surface area contributed by atoms with Crippen LogP contribution in [0.3, 0.4) is 0 Å². The second kappa shape index (κ2) is 6.54. The minimum absolute atomic E-state index is 0.00309. The molecule has 0 amide bonds. The fourth-order valence-electron chi connectivity index (χ4n) is 2.67. The van der Waals surface area contributed by atoms with Gasteiger partial charge in [-0.05, 0) is 30.3 Å². The highest BCUT2D eigenvalue weighted by Crippen LogP contribution is 2.22. The van der Waals surface area contributed by atoms with Crippen molar-refractivity contribution >= 4 is 22.8 Å². The zero-order valence-corrected chi connectivity index (χ0v) is 13.7. The molecule has 0 radical (unpaired) electrons. The van der Waals surface area contributed by atoms with Crippen molar-refractivity contribution in [3.05, 3.63) is 90.0 Å². The zero-order valence-electron chi connectivity index (χ0n) is 13.7. The van der Waals surface area contributed by atoms with Crippen LogP contribution in [0.2, 0.25) is 0 Å². The van der Waals surface area contributed by atoms with Gasteiger partial charge in [0.25, 0.3) is 0 Å². The number of hydrogen-bond donors (Lipinski definition) is 0. The first kappa shape index (κ1) is 15.6. The molecule has 2 aromatic heterocycles. The average molecular weight is 339 g/mol. The van der Waals surface area contributed by atoms with Crippen LogP contribution in [0.25, 0.3) is 22.7 Å². The number of nitriles is 1. The second-order valence-electron chi connectivity index (χ2n) is 5.70. The van der Waals surface area contributed by atoms with Gasteiger partial charge in [-0.3, -0.25) is 4.79 Å². The summed E-state index contributed by atoms with van der Waals surface area (Å²) in [5, 5.41) is 14.5. The average Bonchev–Trinajstić information content (AvgIpc) is 3.33. The van der Waals surface area contributed by atoms with Crippen LogP contribution in [0.15, 0.2) is 83.0 Å². The van der Waals surface area contributed by atoms with E-state index >= 15 is 0 Å². The lowest BCUT2D eigenvalue weighted by Gasteiger charge is -1.98. The minimum Gasteiger partial charge on any atom is -0.453 e. The topological polar surface area (TPSA) is 71.8 Å². The molecule has 0 fully saturated rings. The van der Waals surface area contributed by atoms with Crippen LogP contribution < -0.4 is 0 Å². The molecule has 0 aliphatic rings. The molecule has 0 atom stereocenters. The van der Waals surface area contributed by atoms with Crippen molar-refractivity contribution in [2.24, 2.45) is 0 Å². The normalized spacial score (nSPS) is 11.4. The first-order valence-electron chi connectivity index (χ1n) is 8.00. The maximum Gasteiger partial charge on any atom is 0.238 e. The third-order valence-electron chi connectivity index (χ3n) is 3.95. The maximum atomic E-state index is 12.6. The first-order valence-corrected chi connectivity index (χ1v) is 8.00. The Balaban J connectivity index is 1.65. The highest BCUT2D eigenvalue weighted by Gasteiger charge is 2.17. The van der Waals surface area contributed by atoms with E-state index in [1.807, 2.05) is 54.6 Å². The summed E-state index contributed by atoms with van der Waals surface area (Å²) in [7, 11) is 0. The smallest absolute Gasteiger partial charge is 0.238 e. The van der Waals surface area contributed by atoms with Crippen LogP contribution >= 0.6 is 0 Å². The van der Waals surface area contributed by atoms with Gasteiger partial charge in [-0.15, -0.1) is 0 Å². The lowest BCUT2D eigenvalue weighted by molar-refractivity contribution is 0.101. The van der Waals surface area contributed by atoms with Gasteiger partial charge in [0.05, 0.1) is 11.9 Å². The number of nitrogens with zero attached hydrogens (tertiary/aromatic N) is 3. The Hall–Kier alpha value is -3.91. The van der Waals surface area contributed by atoms with E-state index in [0.717, 1.165) is 11.1 Å².